The van der Waals surface area contributed by atoms with E-state index in [0.717, 1.165) is 89.9 Å². The number of unbranched alkanes of at least 4 members (excludes halogenated alkanes) is 38. The first-order chi connectivity index (χ1) is 39.2. The summed E-state index contributed by atoms with van der Waals surface area (Å²) in [6, 6.07) is 0. The average molecular weight is 1150 g/mol. The summed E-state index contributed by atoms with van der Waals surface area (Å²) >= 11 is 0. The van der Waals surface area contributed by atoms with Crippen LogP contribution < -0.4 is 0 Å². The Bertz CT molecular complexity index is 1530. The summed E-state index contributed by atoms with van der Waals surface area (Å²) in [6.45, 7) is 4.59. The number of allylic oxidation sites excluding steroid dienone is 8. The van der Waals surface area contributed by atoms with Crippen LogP contribution in [-0.2, 0) is 42.2 Å². The maximum absolute atomic E-state index is 13.0. The van der Waals surface area contributed by atoms with E-state index in [0.29, 0.717) is 19.3 Å². The molecule has 0 heterocycles. The maximum atomic E-state index is 13.0. The second-order valence-corrected chi connectivity index (χ2v) is 24.1. The van der Waals surface area contributed by atoms with Gasteiger partial charge in [-0.2, -0.15) is 0 Å². The van der Waals surface area contributed by atoms with E-state index < -0.39 is 57.8 Å². The largest absolute Gasteiger partial charge is 0.472 e. The highest BCUT2D eigenvalue weighted by molar-refractivity contribution is 7.47. The van der Waals surface area contributed by atoms with Crippen LogP contribution in [0.1, 0.15) is 329 Å². The van der Waals surface area contributed by atoms with Crippen LogP contribution in [0.4, 0.5) is 0 Å². The molecule has 0 aromatic carbocycles. The quantitative estimate of drug-likeness (QED) is 0.0197. The lowest BCUT2D eigenvalue weighted by molar-refractivity contribution is -0.161. The number of rotatable bonds is 63. The van der Waals surface area contributed by atoms with Gasteiger partial charge in [-0.05, 0) is 57.8 Å². The van der Waals surface area contributed by atoms with E-state index >= 15 is 0 Å². The van der Waals surface area contributed by atoms with Gasteiger partial charge in [-0.3, -0.25) is 23.4 Å². The van der Waals surface area contributed by atoms with E-state index in [-0.39, 0.29) is 25.9 Å². The number of esters is 3. The van der Waals surface area contributed by atoms with Crippen LogP contribution in [0.2, 0.25) is 0 Å². The number of carbonyl (C=O) groups is 3. The Morgan fingerprint density at radius 2 is 0.650 bits per heavy atom. The number of aliphatic hydroxyl groups excluding tert-OH is 1. The van der Waals surface area contributed by atoms with Crippen molar-refractivity contribution in [3.8, 4) is 0 Å². The summed E-state index contributed by atoms with van der Waals surface area (Å²) in [6.07, 6.45) is 69.2. The van der Waals surface area contributed by atoms with Gasteiger partial charge in [0.05, 0.1) is 19.8 Å². The van der Waals surface area contributed by atoms with Crippen molar-refractivity contribution in [3.05, 3.63) is 48.6 Å². The van der Waals surface area contributed by atoms with Gasteiger partial charge in [0.25, 0.3) is 0 Å². The summed E-state index contributed by atoms with van der Waals surface area (Å²) in [4.78, 5) is 48.8. The van der Waals surface area contributed by atoms with Gasteiger partial charge >= 0.3 is 25.7 Å². The predicted octanol–water partition coefficient (Wildman–Crippen LogP) is 20.5. The Morgan fingerprint density at radius 1 is 0.362 bits per heavy atom. The number of aliphatic hydroxyl groups is 1. The Hall–Kier alpha value is -2.56. The number of hydrogen-bond acceptors (Lipinski definition) is 10. The molecular weight excluding hydrogens is 1020 g/mol. The van der Waals surface area contributed by atoms with Crippen LogP contribution in [0.25, 0.3) is 0 Å². The molecule has 2 N–H and O–H groups in total. The predicted molar refractivity (Wildman–Crippen MR) is 335 cm³/mol. The Balaban J connectivity index is 4.67. The van der Waals surface area contributed by atoms with Crippen molar-refractivity contribution in [2.75, 3.05) is 26.4 Å². The van der Waals surface area contributed by atoms with E-state index in [9.17, 15) is 28.9 Å². The van der Waals surface area contributed by atoms with Gasteiger partial charge in [-0.25, -0.2) is 4.57 Å². The molecule has 3 atom stereocenters. The Labute approximate surface area is 492 Å². The lowest BCUT2D eigenvalue weighted by atomic mass is 10.0. The lowest BCUT2D eigenvalue weighted by Gasteiger charge is -2.21. The molecular formula is C68H125O11P. The molecule has 0 radical (unpaired) electrons. The normalized spacial score (nSPS) is 13.5. The average Bonchev–Trinajstić information content (AvgIpc) is 3.45. The summed E-state index contributed by atoms with van der Waals surface area (Å²) < 4.78 is 39.7. The van der Waals surface area contributed by atoms with Crippen molar-refractivity contribution < 1.29 is 52.2 Å². The zero-order valence-electron chi connectivity index (χ0n) is 52.1. The molecule has 0 aliphatic carbocycles. The van der Waals surface area contributed by atoms with E-state index in [2.05, 4.69) is 69.4 Å². The van der Waals surface area contributed by atoms with Crippen molar-refractivity contribution in [1.82, 2.24) is 0 Å². The molecule has 0 aromatic heterocycles. The van der Waals surface area contributed by atoms with Gasteiger partial charge < -0.3 is 24.2 Å². The third kappa shape index (κ3) is 60.0. The highest BCUT2D eigenvalue weighted by atomic mass is 31.2. The van der Waals surface area contributed by atoms with Crippen molar-refractivity contribution in [1.29, 1.82) is 0 Å². The Kier molecular flexibility index (Phi) is 60.5. The van der Waals surface area contributed by atoms with Gasteiger partial charge in [-0.1, -0.05) is 301 Å². The zero-order chi connectivity index (χ0) is 58.3. The molecule has 0 spiro atoms. The summed E-state index contributed by atoms with van der Waals surface area (Å²) in [5, 5.41) is 9.87. The first-order valence-electron chi connectivity index (χ1n) is 33.5. The molecule has 0 aliphatic rings. The minimum absolute atomic E-state index is 0.167. The van der Waals surface area contributed by atoms with Gasteiger partial charge in [0.1, 0.15) is 12.7 Å². The van der Waals surface area contributed by atoms with Crippen LogP contribution in [0.15, 0.2) is 48.6 Å². The van der Waals surface area contributed by atoms with E-state index in [1.54, 1.807) is 0 Å². The molecule has 0 rings (SSSR count). The fourth-order valence-corrected chi connectivity index (χ4v) is 10.5. The van der Waals surface area contributed by atoms with Crippen molar-refractivity contribution in [3.63, 3.8) is 0 Å². The molecule has 0 amide bonds. The molecule has 80 heavy (non-hydrogen) atoms. The van der Waals surface area contributed by atoms with Crippen LogP contribution >= 0.6 is 7.82 Å². The van der Waals surface area contributed by atoms with Crippen LogP contribution in [-0.4, -0.2) is 66.5 Å². The minimum atomic E-state index is -4.76. The number of phosphoric acid groups is 1. The summed E-state index contributed by atoms with van der Waals surface area (Å²) in [5.74, 6) is -1.46. The van der Waals surface area contributed by atoms with Gasteiger partial charge in [0, 0.05) is 19.3 Å². The molecule has 0 aromatic rings. The molecule has 0 fully saturated rings. The third-order valence-corrected chi connectivity index (χ3v) is 15.7. The smallest absolute Gasteiger partial charge is 0.462 e. The van der Waals surface area contributed by atoms with Gasteiger partial charge in [0.15, 0.2) is 6.10 Å². The standard InChI is InChI=1S/C68H125O11P/c1-4-7-10-13-16-19-22-25-28-31-32-35-38-41-44-47-50-53-56-59-68(72)79-65(61-75-66(70)57-54-51-48-45-42-39-36-33-29-26-23-20-17-14-11-8-5-2)63-77-80(73,74)76-62-64(60-69)78-67(71)58-55-52-49-46-43-40-37-34-30-27-24-21-18-15-12-9-6-3/h8,11,17,20,26,29,36,39,64-65,69H,4-7,9-10,12-16,18-19,21-25,27-28,30-35,37-38,40-63H2,1-3H3,(H,73,74)/b11-8-,20-17-,29-26-,39-36-. The molecule has 0 saturated carbocycles. The second kappa shape index (κ2) is 62.5. The lowest BCUT2D eigenvalue weighted by Crippen LogP contribution is -2.30. The highest BCUT2D eigenvalue weighted by Gasteiger charge is 2.28. The number of phosphoric ester groups is 1. The Morgan fingerprint density at radius 3 is 1.00 bits per heavy atom. The fourth-order valence-electron chi connectivity index (χ4n) is 9.70. The maximum Gasteiger partial charge on any atom is 0.472 e. The molecule has 0 aliphatic heterocycles. The first kappa shape index (κ1) is 77.4. The molecule has 0 bridgehead atoms. The molecule has 0 saturated heterocycles. The van der Waals surface area contributed by atoms with Crippen molar-refractivity contribution >= 4 is 25.7 Å². The van der Waals surface area contributed by atoms with Crippen LogP contribution in [0, 0.1) is 0 Å². The topological polar surface area (TPSA) is 155 Å². The molecule has 468 valence electrons. The zero-order valence-corrected chi connectivity index (χ0v) is 53.0. The summed E-state index contributed by atoms with van der Waals surface area (Å²) in [5.41, 5.74) is 0. The monoisotopic (exact) mass is 1150 g/mol. The van der Waals surface area contributed by atoms with E-state index in [1.807, 2.05) is 0 Å². The van der Waals surface area contributed by atoms with E-state index in [4.69, 9.17) is 23.3 Å². The van der Waals surface area contributed by atoms with Crippen molar-refractivity contribution in [2.24, 2.45) is 0 Å². The number of hydrogen-bond donors (Lipinski definition) is 2. The summed E-state index contributed by atoms with van der Waals surface area (Å²) in [7, 11) is -4.76. The minimum Gasteiger partial charge on any atom is -0.462 e. The SMILES string of the molecule is CC/C=C\C/C=C\C/C=C\C/C=C\CCCCCCC(=O)OCC(COP(=O)(O)OCC(CO)OC(=O)CCCCCCCCCCCCCCCCCCC)OC(=O)CCCCCCCCCCCCCCCCCCCCC. The highest BCUT2D eigenvalue weighted by Crippen LogP contribution is 2.43. The van der Waals surface area contributed by atoms with Crippen molar-refractivity contribution in [2.45, 2.75) is 341 Å². The number of carbonyl (C=O) groups excluding carboxylic acids is 3. The van der Waals surface area contributed by atoms with Gasteiger partial charge in [0.2, 0.25) is 0 Å². The fraction of sp³-hybridized carbons (Fsp3) is 0.838. The van der Waals surface area contributed by atoms with Crippen LogP contribution in [0.3, 0.4) is 0 Å². The van der Waals surface area contributed by atoms with Gasteiger partial charge in [-0.15, -0.1) is 0 Å². The second-order valence-electron chi connectivity index (χ2n) is 22.6. The van der Waals surface area contributed by atoms with Crippen LogP contribution in [0.5, 0.6) is 0 Å². The molecule has 11 nitrogen and oxygen atoms in total. The van der Waals surface area contributed by atoms with E-state index in [1.165, 1.54) is 180 Å². The number of ether oxygens (including phenoxy) is 3. The molecule has 3 unspecified atom stereocenters. The third-order valence-electron chi connectivity index (χ3n) is 14.8. The first-order valence-corrected chi connectivity index (χ1v) is 35.0. The molecule has 12 heteroatoms.